The molecule has 0 amide bonds. The lowest BCUT2D eigenvalue weighted by molar-refractivity contribution is 0.352. The fraction of sp³-hybridized carbons (Fsp3) is 0.167. The van der Waals surface area contributed by atoms with Gasteiger partial charge in [0.15, 0.2) is 0 Å². The minimum atomic E-state index is 0.690. The maximum atomic E-state index is 6.38. The summed E-state index contributed by atoms with van der Waals surface area (Å²) in [5.74, 6) is 1.94. The number of hydrogen-bond acceptors (Lipinski definition) is 8. The molecule has 0 saturated heterocycles. The van der Waals surface area contributed by atoms with Crippen molar-refractivity contribution in [3.05, 3.63) is 81.2 Å². The van der Waals surface area contributed by atoms with Gasteiger partial charge in [0.05, 0.1) is 27.8 Å². The largest absolute Gasteiger partial charge is 0.491 e. The quantitative estimate of drug-likeness (QED) is 0.210. The van der Waals surface area contributed by atoms with E-state index in [2.05, 4.69) is 72.5 Å². The predicted molar refractivity (Wildman–Crippen MR) is 159 cm³/mol. The van der Waals surface area contributed by atoms with Crippen LogP contribution in [0.5, 0.6) is 5.75 Å². The molecule has 2 aliphatic heterocycles. The van der Waals surface area contributed by atoms with Gasteiger partial charge in [-0.2, -0.15) is 0 Å². The molecular weight excluding hydrogens is 529 g/mol. The highest BCUT2D eigenvalue weighted by atomic mass is 32.3. The predicted octanol–water partition coefficient (Wildman–Crippen LogP) is 9.84. The fourth-order valence-electron chi connectivity index (χ4n) is 3.41. The van der Waals surface area contributed by atoms with Crippen LogP contribution in [0.3, 0.4) is 0 Å². The standard InChI is InChI=1S/C24H20OS7/c1-26-21-22(27-2)32-24(31-21)23-29-14-19(30-23)28-12-11-25-20-17-9-5-3-7-15(17)13-16-8-4-6-10-18(16)20/h3-10,13-14H,11-12H2,1-2H3. The zero-order valence-electron chi connectivity index (χ0n) is 17.5. The Morgan fingerprint density at radius 3 is 2.03 bits per heavy atom. The summed E-state index contributed by atoms with van der Waals surface area (Å²) >= 11 is 13.2. The highest BCUT2D eigenvalue weighted by Crippen LogP contribution is 2.62. The molecule has 0 N–H and O–H groups in total. The molecule has 8 heteroatoms. The van der Waals surface area contributed by atoms with E-state index in [1.54, 1.807) is 0 Å². The van der Waals surface area contributed by atoms with Crippen LogP contribution in [0.25, 0.3) is 21.5 Å². The Hall–Kier alpha value is -0.350. The third-order valence-corrected chi connectivity index (χ3v) is 14.3. The van der Waals surface area contributed by atoms with Gasteiger partial charge in [0.1, 0.15) is 5.75 Å². The van der Waals surface area contributed by atoms with Gasteiger partial charge < -0.3 is 4.74 Å². The molecule has 5 rings (SSSR count). The molecule has 0 fully saturated rings. The molecule has 3 aromatic carbocycles. The van der Waals surface area contributed by atoms with Gasteiger partial charge in [-0.1, -0.05) is 95.6 Å². The molecule has 32 heavy (non-hydrogen) atoms. The summed E-state index contributed by atoms with van der Waals surface area (Å²) in [6, 6.07) is 19.2. The molecule has 1 nitrogen and oxygen atoms in total. The van der Waals surface area contributed by atoms with Gasteiger partial charge in [-0.15, -0.1) is 35.3 Å². The summed E-state index contributed by atoms with van der Waals surface area (Å²) in [7, 11) is 0. The molecule has 0 radical (unpaired) electrons. The van der Waals surface area contributed by atoms with Gasteiger partial charge in [-0.25, -0.2) is 0 Å². The molecule has 164 valence electrons. The van der Waals surface area contributed by atoms with Crippen molar-refractivity contribution in [1.29, 1.82) is 0 Å². The normalized spacial score (nSPS) is 16.5. The van der Waals surface area contributed by atoms with Crippen LogP contribution in [0.2, 0.25) is 0 Å². The van der Waals surface area contributed by atoms with Gasteiger partial charge in [-0.3, -0.25) is 0 Å². The first kappa shape index (κ1) is 23.4. The molecule has 2 aliphatic rings. The van der Waals surface area contributed by atoms with Crippen LogP contribution in [0.15, 0.2) is 81.2 Å². The number of hydrogen-bond donors (Lipinski definition) is 0. The van der Waals surface area contributed by atoms with Crippen molar-refractivity contribution in [1.82, 2.24) is 0 Å². The summed E-state index contributed by atoms with van der Waals surface area (Å²) < 4.78 is 13.5. The van der Waals surface area contributed by atoms with Crippen molar-refractivity contribution in [2.75, 3.05) is 24.9 Å². The van der Waals surface area contributed by atoms with E-state index in [4.69, 9.17) is 4.74 Å². The van der Waals surface area contributed by atoms with Gasteiger partial charge in [-0.05, 0) is 34.8 Å². The Morgan fingerprint density at radius 1 is 0.781 bits per heavy atom. The number of fused-ring (bicyclic) bond motifs is 2. The zero-order valence-corrected chi connectivity index (χ0v) is 23.2. The van der Waals surface area contributed by atoms with E-state index < -0.39 is 0 Å². The zero-order chi connectivity index (χ0) is 21.9. The molecule has 0 saturated carbocycles. The molecule has 0 aromatic heterocycles. The minimum absolute atomic E-state index is 0.690. The Kier molecular flexibility index (Phi) is 7.99. The van der Waals surface area contributed by atoms with Crippen LogP contribution >= 0.6 is 82.3 Å². The second kappa shape index (κ2) is 10.9. The first-order valence-corrected chi connectivity index (χ1v) is 16.7. The van der Waals surface area contributed by atoms with Crippen molar-refractivity contribution in [2.24, 2.45) is 0 Å². The molecule has 0 unspecified atom stereocenters. The van der Waals surface area contributed by atoms with E-state index in [1.165, 1.54) is 42.7 Å². The maximum Gasteiger partial charge on any atom is 0.134 e. The summed E-state index contributed by atoms with van der Waals surface area (Å²) in [6.45, 7) is 0.690. The van der Waals surface area contributed by atoms with Crippen LogP contribution in [0.1, 0.15) is 0 Å². The molecule has 0 spiro atoms. The van der Waals surface area contributed by atoms with E-state index in [0.717, 1.165) is 11.5 Å². The van der Waals surface area contributed by atoms with Gasteiger partial charge >= 0.3 is 0 Å². The highest BCUT2D eigenvalue weighted by molar-refractivity contribution is 8.43. The van der Waals surface area contributed by atoms with Gasteiger partial charge in [0.25, 0.3) is 0 Å². The van der Waals surface area contributed by atoms with Crippen molar-refractivity contribution < 1.29 is 4.74 Å². The van der Waals surface area contributed by atoms with E-state index >= 15 is 0 Å². The van der Waals surface area contributed by atoms with E-state index in [0.29, 0.717) is 6.61 Å². The van der Waals surface area contributed by atoms with E-state index in [-0.39, 0.29) is 0 Å². The molecule has 0 bridgehead atoms. The Balaban J connectivity index is 1.22. The number of benzene rings is 3. The third kappa shape index (κ3) is 5.02. The lowest BCUT2D eigenvalue weighted by atomic mass is 10.0. The number of ether oxygens (including phenoxy) is 1. The first-order chi connectivity index (χ1) is 15.8. The Labute approximate surface area is 218 Å². The van der Waals surface area contributed by atoms with Gasteiger partial charge in [0, 0.05) is 16.5 Å². The monoisotopic (exact) mass is 548 g/mol. The van der Waals surface area contributed by atoms with E-state index in [9.17, 15) is 0 Å². The van der Waals surface area contributed by atoms with Crippen molar-refractivity contribution >= 4 is 104 Å². The highest BCUT2D eigenvalue weighted by Gasteiger charge is 2.26. The first-order valence-electron chi connectivity index (χ1n) is 9.90. The summed E-state index contributed by atoms with van der Waals surface area (Å²) in [5.41, 5.74) is 0. The number of rotatable bonds is 7. The van der Waals surface area contributed by atoms with Crippen LogP contribution in [0, 0.1) is 0 Å². The molecule has 3 aromatic rings. The molecule has 0 aliphatic carbocycles. The second-order valence-corrected chi connectivity index (χ2v) is 14.8. The van der Waals surface area contributed by atoms with E-state index in [1.807, 2.05) is 82.3 Å². The fourth-order valence-corrected chi connectivity index (χ4v) is 12.3. The van der Waals surface area contributed by atoms with Crippen LogP contribution in [-0.2, 0) is 0 Å². The molecule has 2 heterocycles. The summed E-state index contributed by atoms with van der Waals surface area (Å²) in [6.07, 6.45) is 4.33. The third-order valence-electron chi connectivity index (χ3n) is 4.83. The maximum absolute atomic E-state index is 6.38. The molecular formula is C24H20OS7. The SMILES string of the molecule is CSC1=C(SC)SC(=C2SC=C(SCCOc3c4ccccc4cc4ccccc34)S2)S1. The number of thioether (sulfide) groups is 7. The van der Waals surface area contributed by atoms with Crippen molar-refractivity contribution in [3.63, 3.8) is 0 Å². The average Bonchev–Trinajstić information content (AvgIpc) is 3.47. The summed E-state index contributed by atoms with van der Waals surface area (Å²) in [5, 5.41) is 7.12. The Morgan fingerprint density at radius 2 is 1.41 bits per heavy atom. The van der Waals surface area contributed by atoms with Crippen LogP contribution in [-0.4, -0.2) is 24.9 Å². The topological polar surface area (TPSA) is 9.23 Å². The molecule has 0 atom stereocenters. The average molecular weight is 549 g/mol. The smallest absolute Gasteiger partial charge is 0.134 e. The Bertz CT molecular complexity index is 1190. The lowest BCUT2D eigenvalue weighted by Gasteiger charge is -2.13. The van der Waals surface area contributed by atoms with Crippen LogP contribution in [0.4, 0.5) is 0 Å². The lowest BCUT2D eigenvalue weighted by Crippen LogP contribution is -2.01. The van der Waals surface area contributed by atoms with Crippen molar-refractivity contribution in [3.8, 4) is 5.75 Å². The van der Waals surface area contributed by atoms with Gasteiger partial charge in [0.2, 0.25) is 0 Å². The van der Waals surface area contributed by atoms with Crippen LogP contribution < -0.4 is 4.74 Å². The van der Waals surface area contributed by atoms with Crippen molar-refractivity contribution in [2.45, 2.75) is 0 Å². The minimum Gasteiger partial charge on any atom is -0.491 e. The second-order valence-electron chi connectivity index (χ2n) is 6.76. The summed E-state index contributed by atoms with van der Waals surface area (Å²) in [4.78, 5) is 0.